The van der Waals surface area contributed by atoms with Gasteiger partial charge in [0, 0.05) is 50.8 Å². The number of amidine groups is 1. The van der Waals surface area contributed by atoms with Crippen molar-refractivity contribution in [3.05, 3.63) is 23.4 Å². The van der Waals surface area contributed by atoms with Crippen LogP contribution in [0.4, 0.5) is 0 Å². The Morgan fingerprint density at radius 3 is 2.53 bits per heavy atom. The Labute approximate surface area is 180 Å². The molecule has 1 aliphatic carbocycles. The first kappa shape index (κ1) is 22.7. The molecule has 0 radical (unpaired) electrons. The van der Waals surface area contributed by atoms with Crippen LogP contribution in [-0.2, 0) is 4.74 Å². The molecule has 1 saturated carbocycles. The summed E-state index contributed by atoms with van der Waals surface area (Å²) in [5.74, 6) is 1.95. The van der Waals surface area contributed by atoms with Gasteiger partial charge in [0.25, 0.3) is 0 Å². The van der Waals surface area contributed by atoms with E-state index in [0.717, 1.165) is 25.7 Å². The summed E-state index contributed by atoms with van der Waals surface area (Å²) in [6, 6.07) is 0. The van der Waals surface area contributed by atoms with Crippen LogP contribution < -0.4 is 11.5 Å². The smallest absolute Gasteiger partial charge is 0.118 e. The van der Waals surface area contributed by atoms with Crippen LogP contribution in [-0.4, -0.2) is 69.1 Å². The minimum atomic E-state index is 0.290. The van der Waals surface area contributed by atoms with E-state index >= 15 is 0 Å². The fraction of sp³-hybridized carbons (Fsp3) is 0.696. The maximum Gasteiger partial charge on any atom is 0.118 e. The summed E-state index contributed by atoms with van der Waals surface area (Å²) in [5.41, 5.74) is 13.8. The highest BCUT2D eigenvalue weighted by molar-refractivity contribution is 6.21. The van der Waals surface area contributed by atoms with Crippen molar-refractivity contribution in [1.82, 2.24) is 4.90 Å². The lowest BCUT2D eigenvalue weighted by Gasteiger charge is -2.36. The largest absolute Gasteiger partial charge is 0.402 e. The van der Waals surface area contributed by atoms with Gasteiger partial charge < -0.3 is 26.5 Å². The number of rotatable bonds is 8. The number of ether oxygens (including phenoxy) is 1. The second-order valence-electron chi connectivity index (χ2n) is 9.12. The molecule has 166 valence electrons. The van der Waals surface area contributed by atoms with Gasteiger partial charge in [-0.2, -0.15) is 0 Å². The molecule has 0 aromatic carbocycles. The first-order chi connectivity index (χ1) is 14.4. The molecule has 2 saturated heterocycles. The molecule has 3 rings (SSSR count). The Morgan fingerprint density at radius 2 is 1.90 bits per heavy atom. The van der Waals surface area contributed by atoms with E-state index in [2.05, 4.69) is 14.9 Å². The van der Waals surface area contributed by atoms with Gasteiger partial charge in [0.05, 0.1) is 5.71 Å². The highest BCUT2D eigenvalue weighted by Crippen LogP contribution is 2.59. The number of allylic oxidation sites excluding steroid dienone is 3. The fourth-order valence-electron chi connectivity index (χ4n) is 4.82. The van der Waals surface area contributed by atoms with Crippen molar-refractivity contribution in [3.63, 3.8) is 0 Å². The maximum atomic E-state index is 8.13. The molecule has 0 amide bonds. The summed E-state index contributed by atoms with van der Waals surface area (Å²) in [7, 11) is 1.66. The molecule has 0 aromatic rings. The van der Waals surface area contributed by atoms with E-state index in [9.17, 15) is 0 Å². The van der Waals surface area contributed by atoms with Crippen LogP contribution in [0.5, 0.6) is 0 Å². The van der Waals surface area contributed by atoms with E-state index in [1.165, 1.54) is 51.7 Å². The molecule has 1 spiro atoms. The molecule has 3 fully saturated rings. The van der Waals surface area contributed by atoms with Crippen molar-refractivity contribution >= 4 is 17.8 Å². The predicted molar refractivity (Wildman–Crippen MR) is 124 cm³/mol. The molecular weight excluding hydrogens is 376 g/mol. The molecule has 1 atom stereocenters. The molecule has 2 aliphatic heterocycles. The Morgan fingerprint density at radius 1 is 1.20 bits per heavy atom. The number of aliphatic imine (C=N–C) groups is 2. The zero-order valence-electron chi connectivity index (χ0n) is 18.6. The molecule has 1 unspecified atom stereocenters. The number of nitrogens with zero attached hydrogens (tertiary/aromatic N) is 3. The molecule has 5 N–H and O–H groups in total. The van der Waals surface area contributed by atoms with Gasteiger partial charge >= 0.3 is 0 Å². The third-order valence-corrected chi connectivity index (χ3v) is 6.96. The number of nitrogens with two attached hydrogens (primary N) is 2. The SMILES string of the molecule is CN=CC(C(=N)/C=C\C(N)=NCC1CC12CCN(CC1CCOCC1)CC2)=C(C)N. The van der Waals surface area contributed by atoms with Crippen molar-refractivity contribution in [3.8, 4) is 0 Å². The van der Waals surface area contributed by atoms with Crippen LogP contribution in [0.15, 0.2) is 33.4 Å². The lowest BCUT2D eigenvalue weighted by Crippen LogP contribution is -2.39. The summed E-state index contributed by atoms with van der Waals surface area (Å²) in [6.45, 7) is 8.11. The Bertz CT molecular complexity index is 720. The number of hydrogen-bond acceptors (Lipinski definition) is 6. The molecule has 2 heterocycles. The number of likely N-dealkylation sites (tertiary alicyclic amines) is 1. The summed E-state index contributed by atoms with van der Waals surface area (Å²) < 4.78 is 5.48. The van der Waals surface area contributed by atoms with Gasteiger partial charge in [-0.3, -0.25) is 9.98 Å². The van der Waals surface area contributed by atoms with Crippen molar-refractivity contribution in [2.75, 3.05) is 46.4 Å². The van der Waals surface area contributed by atoms with Crippen LogP contribution in [0.2, 0.25) is 0 Å². The maximum absolute atomic E-state index is 8.13. The van der Waals surface area contributed by atoms with Crippen LogP contribution in [0, 0.1) is 22.7 Å². The zero-order chi connectivity index (χ0) is 21.6. The lowest BCUT2D eigenvalue weighted by molar-refractivity contribution is 0.0449. The number of hydrogen-bond donors (Lipinski definition) is 3. The monoisotopic (exact) mass is 414 g/mol. The van der Waals surface area contributed by atoms with E-state index in [1.807, 2.05) is 0 Å². The first-order valence-corrected chi connectivity index (χ1v) is 11.2. The van der Waals surface area contributed by atoms with Crippen molar-refractivity contribution < 1.29 is 4.74 Å². The van der Waals surface area contributed by atoms with Crippen molar-refractivity contribution in [2.45, 2.75) is 39.0 Å². The number of piperidine rings is 1. The van der Waals surface area contributed by atoms with Crippen molar-refractivity contribution in [1.29, 1.82) is 5.41 Å². The predicted octanol–water partition coefficient (Wildman–Crippen LogP) is 2.38. The third kappa shape index (κ3) is 6.01. The average Bonchev–Trinajstić information content (AvgIpc) is 3.43. The first-order valence-electron chi connectivity index (χ1n) is 11.2. The van der Waals surface area contributed by atoms with Gasteiger partial charge in [-0.15, -0.1) is 0 Å². The third-order valence-electron chi connectivity index (χ3n) is 6.96. The number of nitrogens with one attached hydrogen (secondary N) is 1. The quantitative estimate of drug-likeness (QED) is 0.418. The van der Waals surface area contributed by atoms with E-state index in [4.69, 9.17) is 21.6 Å². The van der Waals surface area contributed by atoms with Gasteiger partial charge in [0.2, 0.25) is 0 Å². The molecule has 7 nitrogen and oxygen atoms in total. The van der Waals surface area contributed by atoms with Crippen LogP contribution in [0.25, 0.3) is 0 Å². The Kier molecular flexibility index (Phi) is 7.83. The zero-order valence-corrected chi connectivity index (χ0v) is 18.6. The van der Waals surface area contributed by atoms with Crippen molar-refractivity contribution in [2.24, 2.45) is 38.7 Å². The molecule has 7 heteroatoms. The fourth-order valence-corrected chi connectivity index (χ4v) is 4.82. The second-order valence-corrected chi connectivity index (χ2v) is 9.12. The van der Waals surface area contributed by atoms with E-state index in [0.29, 0.717) is 34.2 Å². The minimum Gasteiger partial charge on any atom is -0.402 e. The van der Waals surface area contributed by atoms with Crippen LogP contribution in [0.3, 0.4) is 0 Å². The molecule has 30 heavy (non-hydrogen) atoms. The second kappa shape index (κ2) is 10.4. The van der Waals surface area contributed by atoms with Crippen LogP contribution >= 0.6 is 0 Å². The van der Waals surface area contributed by atoms with E-state index in [-0.39, 0.29) is 0 Å². The Hall–Kier alpha value is -1.99. The molecule has 0 aromatic heterocycles. The van der Waals surface area contributed by atoms with Gasteiger partial charge in [0.15, 0.2) is 0 Å². The van der Waals surface area contributed by atoms with Gasteiger partial charge in [-0.05, 0) is 81.5 Å². The summed E-state index contributed by atoms with van der Waals surface area (Å²) in [6.07, 6.45) is 11.2. The van der Waals surface area contributed by atoms with Gasteiger partial charge in [-0.25, -0.2) is 0 Å². The normalized spacial score (nSPS) is 26.5. The van der Waals surface area contributed by atoms with Gasteiger partial charge in [-0.1, -0.05) is 0 Å². The lowest BCUT2D eigenvalue weighted by atomic mass is 9.89. The van der Waals surface area contributed by atoms with E-state index < -0.39 is 0 Å². The molecule has 0 bridgehead atoms. The summed E-state index contributed by atoms with van der Waals surface area (Å²) >= 11 is 0. The average molecular weight is 415 g/mol. The molecular formula is C23H38N6O. The Balaban J connectivity index is 1.42. The standard InChI is InChI=1S/C23H38N6O/c1-17(24)20(15-27-2)21(25)3-4-22(26)28-14-19-13-23(19)7-9-29(10-8-23)16-18-5-11-30-12-6-18/h3-4,15,18-19,25H,5-14,16,24H2,1-2H3,(H2,26,28)/b4-3-,20-17?,25-21?,27-15?. The highest BCUT2D eigenvalue weighted by atomic mass is 16.5. The van der Waals surface area contributed by atoms with E-state index in [1.54, 1.807) is 32.3 Å². The molecule has 3 aliphatic rings. The summed E-state index contributed by atoms with van der Waals surface area (Å²) in [5, 5.41) is 8.13. The highest BCUT2D eigenvalue weighted by Gasteiger charge is 2.54. The summed E-state index contributed by atoms with van der Waals surface area (Å²) in [4.78, 5) is 11.2. The van der Waals surface area contributed by atoms with Gasteiger partial charge in [0.1, 0.15) is 5.84 Å². The topological polar surface area (TPSA) is 113 Å². The van der Waals surface area contributed by atoms with Crippen LogP contribution in [0.1, 0.15) is 39.0 Å². The minimum absolute atomic E-state index is 0.290.